The lowest BCUT2D eigenvalue weighted by Crippen LogP contribution is -2.19. The van der Waals surface area contributed by atoms with Gasteiger partial charge in [0, 0.05) is 5.56 Å². The van der Waals surface area contributed by atoms with Crippen molar-refractivity contribution in [3.05, 3.63) is 67.6 Å². The van der Waals surface area contributed by atoms with Gasteiger partial charge in [-0.1, -0.05) is 29.3 Å². The first kappa shape index (κ1) is 15.7. The van der Waals surface area contributed by atoms with E-state index in [-0.39, 0.29) is 10.0 Å². The van der Waals surface area contributed by atoms with Crippen LogP contribution in [0.2, 0.25) is 10.0 Å². The molecule has 0 aliphatic carbocycles. The minimum Gasteiger partial charge on any atom is -0.309 e. The summed E-state index contributed by atoms with van der Waals surface area (Å²) in [6, 6.07) is 6.71. The van der Waals surface area contributed by atoms with Gasteiger partial charge >= 0.3 is 0 Å². The van der Waals surface area contributed by atoms with E-state index in [0.717, 1.165) is 12.1 Å². The van der Waals surface area contributed by atoms with Gasteiger partial charge in [-0.2, -0.15) is 0 Å². The van der Waals surface area contributed by atoms with E-state index in [1.54, 1.807) is 25.2 Å². The summed E-state index contributed by atoms with van der Waals surface area (Å²) < 4.78 is 27.7. The number of benzene rings is 2. The second-order valence-electron chi connectivity index (χ2n) is 4.18. The largest absolute Gasteiger partial charge is 0.309 e. The lowest BCUT2D eigenvalue weighted by atomic mass is 9.98. The SMILES string of the molecule is CNC(c1ccc(Cl)c(Cl)c1)c1cc(F)c(Br)cc1F. The fourth-order valence-electron chi connectivity index (χ4n) is 1.95. The Morgan fingerprint density at radius 1 is 1.05 bits per heavy atom. The van der Waals surface area contributed by atoms with Gasteiger partial charge in [0.05, 0.1) is 20.6 Å². The highest BCUT2D eigenvalue weighted by Gasteiger charge is 2.19. The third-order valence-electron chi connectivity index (χ3n) is 2.92. The summed E-state index contributed by atoms with van der Waals surface area (Å²) in [5, 5.41) is 3.72. The van der Waals surface area contributed by atoms with E-state index in [9.17, 15) is 8.78 Å². The van der Waals surface area contributed by atoms with Crippen molar-refractivity contribution >= 4 is 39.1 Å². The van der Waals surface area contributed by atoms with Crippen LogP contribution in [0, 0.1) is 11.6 Å². The zero-order valence-corrected chi connectivity index (χ0v) is 13.5. The van der Waals surface area contributed by atoms with Crippen LogP contribution >= 0.6 is 39.1 Å². The van der Waals surface area contributed by atoms with Gasteiger partial charge in [0.2, 0.25) is 0 Å². The molecule has 1 nitrogen and oxygen atoms in total. The van der Waals surface area contributed by atoms with Crippen molar-refractivity contribution in [1.82, 2.24) is 5.32 Å². The molecule has 6 heteroatoms. The molecule has 0 amide bonds. The van der Waals surface area contributed by atoms with Crippen LogP contribution in [-0.4, -0.2) is 7.05 Å². The van der Waals surface area contributed by atoms with Gasteiger partial charge in [-0.15, -0.1) is 0 Å². The van der Waals surface area contributed by atoms with E-state index in [1.807, 2.05) is 0 Å². The summed E-state index contributed by atoms with van der Waals surface area (Å²) in [6.07, 6.45) is 0. The maximum atomic E-state index is 14.0. The van der Waals surface area contributed by atoms with E-state index < -0.39 is 17.7 Å². The molecule has 0 radical (unpaired) electrons. The molecule has 1 unspecified atom stereocenters. The highest BCUT2D eigenvalue weighted by atomic mass is 79.9. The quantitative estimate of drug-likeness (QED) is 0.708. The summed E-state index contributed by atoms with van der Waals surface area (Å²) in [6.45, 7) is 0. The molecule has 0 saturated carbocycles. The first-order valence-corrected chi connectivity index (χ1v) is 7.25. The Balaban J connectivity index is 2.52. The molecule has 106 valence electrons. The van der Waals surface area contributed by atoms with E-state index in [2.05, 4.69) is 21.2 Å². The van der Waals surface area contributed by atoms with Crippen LogP contribution in [0.1, 0.15) is 17.2 Å². The second-order valence-corrected chi connectivity index (χ2v) is 5.85. The minimum atomic E-state index is -0.526. The lowest BCUT2D eigenvalue weighted by Gasteiger charge is -2.19. The van der Waals surface area contributed by atoms with Gasteiger partial charge in [-0.05, 0) is 52.8 Å². The van der Waals surface area contributed by atoms with E-state index in [0.29, 0.717) is 15.6 Å². The van der Waals surface area contributed by atoms with Crippen LogP contribution in [0.4, 0.5) is 8.78 Å². The highest BCUT2D eigenvalue weighted by Crippen LogP contribution is 2.31. The lowest BCUT2D eigenvalue weighted by molar-refractivity contribution is 0.555. The van der Waals surface area contributed by atoms with Crippen molar-refractivity contribution < 1.29 is 8.78 Å². The van der Waals surface area contributed by atoms with Gasteiger partial charge in [-0.3, -0.25) is 0 Å². The van der Waals surface area contributed by atoms with E-state index in [4.69, 9.17) is 23.2 Å². The zero-order chi connectivity index (χ0) is 14.9. The third-order valence-corrected chi connectivity index (χ3v) is 4.26. The molecule has 1 N–H and O–H groups in total. The molecule has 0 aromatic heterocycles. The maximum Gasteiger partial charge on any atom is 0.137 e. The average Bonchev–Trinajstić information content (AvgIpc) is 2.40. The van der Waals surface area contributed by atoms with Crippen LogP contribution in [0.3, 0.4) is 0 Å². The molecule has 2 rings (SSSR count). The maximum absolute atomic E-state index is 14.0. The van der Waals surface area contributed by atoms with Crippen molar-refractivity contribution in [2.45, 2.75) is 6.04 Å². The third kappa shape index (κ3) is 3.14. The molecule has 0 aliphatic heterocycles. The first-order chi connectivity index (χ1) is 9.43. The highest BCUT2D eigenvalue weighted by molar-refractivity contribution is 9.10. The first-order valence-electron chi connectivity index (χ1n) is 5.70. The summed E-state index contributed by atoms with van der Waals surface area (Å²) in [5.41, 5.74) is 0.897. The van der Waals surface area contributed by atoms with Crippen molar-refractivity contribution in [2.75, 3.05) is 7.05 Å². The summed E-state index contributed by atoms with van der Waals surface area (Å²) in [7, 11) is 1.66. The smallest absolute Gasteiger partial charge is 0.137 e. The topological polar surface area (TPSA) is 12.0 Å². The molecule has 20 heavy (non-hydrogen) atoms. The molecule has 0 aliphatic rings. The van der Waals surface area contributed by atoms with Crippen LogP contribution in [0.25, 0.3) is 0 Å². The molecule has 0 saturated heterocycles. The molecule has 1 atom stereocenters. The Bertz CT molecular complexity index is 649. The second kappa shape index (κ2) is 6.39. The Hall–Kier alpha value is -0.680. The van der Waals surface area contributed by atoms with Crippen molar-refractivity contribution in [2.24, 2.45) is 0 Å². The molecule has 0 spiro atoms. The monoisotopic (exact) mass is 379 g/mol. The van der Waals surface area contributed by atoms with Crippen LogP contribution in [0.5, 0.6) is 0 Å². The van der Waals surface area contributed by atoms with Crippen LogP contribution < -0.4 is 5.32 Å². The molecular formula is C14H10BrCl2F2N. The number of hydrogen-bond donors (Lipinski definition) is 1. The molecule has 0 fully saturated rings. The minimum absolute atomic E-state index is 0.0859. The summed E-state index contributed by atoms with van der Waals surface area (Å²) in [4.78, 5) is 0. The van der Waals surface area contributed by atoms with Crippen LogP contribution in [-0.2, 0) is 0 Å². The van der Waals surface area contributed by atoms with Gasteiger partial charge in [0.1, 0.15) is 11.6 Å². The van der Waals surface area contributed by atoms with Gasteiger partial charge in [0.25, 0.3) is 0 Å². The normalized spacial score (nSPS) is 12.5. The average molecular weight is 381 g/mol. The predicted molar refractivity (Wildman–Crippen MR) is 81.4 cm³/mol. The fourth-order valence-corrected chi connectivity index (χ4v) is 2.57. The fraction of sp³-hybridized carbons (Fsp3) is 0.143. The number of halogens is 5. The number of nitrogens with one attached hydrogen (secondary N) is 1. The summed E-state index contributed by atoms with van der Waals surface area (Å²) in [5.74, 6) is -1.04. The van der Waals surface area contributed by atoms with Crippen molar-refractivity contribution in [3.63, 3.8) is 0 Å². The Labute approximate surface area is 134 Å². The standard InChI is InChI=1S/C14H10BrCl2F2N/c1-20-14(7-2-3-10(16)11(17)4-7)8-5-13(19)9(15)6-12(8)18/h2-6,14,20H,1H3. The Morgan fingerprint density at radius 2 is 1.75 bits per heavy atom. The summed E-state index contributed by atoms with van der Waals surface area (Å²) >= 11 is 14.8. The number of hydrogen-bond acceptors (Lipinski definition) is 1. The molecule has 0 heterocycles. The molecule has 2 aromatic rings. The van der Waals surface area contributed by atoms with Gasteiger partial charge < -0.3 is 5.32 Å². The van der Waals surface area contributed by atoms with Crippen molar-refractivity contribution in [3.8, 4) is 0 Å². The molecular weight excluding hydrogens is 371 g/mol. The molecule has 0 bridgehead atoms. The van der Waals surface area contributed by atoms with Gasteiger partial charge in [-0.25, -0.2) is 8.78 Å². The predicted octanol–water partition coefficient (Wildman–Crippen LogP) is 5.34. The van der Waals surface area contributed by atoms with Crippen LogP contribution in [0.15, 0.2) is 34.8 Å². The zero-order valence-electron chi connectivity index (χ0n) is 10.4. The number of rotatable bonds is 3. The Kier molecular flexibility index (Phi) is 5.02. The molecule has 2 aromatic carbocycles. The Morgan fingerprint density at radius 3 is 2.35 bits per heavy atom. The van der Waals surface area contributed by atoms with E-state index >= 15 is 0 Å². The van der Waals surface area contributed by atoms with E-state index in [1.165, 1.54) is 0 Å². The van der Waals surface area contributed by atoms with Gasteiger partial charge in [0.15, 0.2) is 0 Å². The van der Waals surface area contributed by atoms with Crippen molar-refractivity contribution in [1.29, 1.82) is 0 Å².